The van der Waals surface area contributed by atoms with E-state index in [-0.39, 0.29) is 18.0 Å². The number of carbonyl (C=O) groups excluding carboxylic acids is 1. The van der Waals surface area contributed by atoms with Gasteiger partial charge in [0.15, 0.2) is 0 Å². The molecule has 4 heteroatoms. The zero-order chi connectivity index (χ0) is 18.8. The maximum Gasteiger partial charge on any atom is 0.338 e. The summed E-state index contributed by atoms with van der Waals surface area (Å²) in [6, 6.07) is 10.3. The number of aryl methyl sites for hydroxylation is 2. The Morgan fingerprint density at radius 2 is 1.85 bits per heavy atom. The molecule has 0 N–H and O–H groups in total. The molecule has 1 fully saturated rings. The lowest BCUT2D eigenvalue weighted by Crippen LogP contribution is -2.10. The van der Waals surface area contributed by atoms with Gasteiger partial charge >= 0.3 is 5.97 Å². The Labute approximate surface area is 155 Å². The number of methoxy groups -OCH3 is 1. The minimum atomic E-state index is -0.278. The number of hydrogen-bond acceptors (Lipinski definition) is 4. The van der Waals surface area contributed by atoms with Crippen molar-refractivity contribution in [3.05, 3.63) is 52.6 Å². The molecule has 3 rings (SSSR count). The van der Waals surface area contributed by atoms with Crippen molar-refractivity contribution in [1.82, 2.24) is 0 Å². The number of ether oxygens (including phenoxy) is 3. The van der Waals surface area contributed by atoms with Gasteiger partial charge in [-0.05, 0) is 59.7 Å². The van der Waals surface area contributed by atoms with Crippen LogP contribution in [-0.2, 0) is 9.47 Å². The fraction of sp³-hybridized carbons (Fsp3) is 0.409. The second-order valence-electron chi connectivity index (χ2n) is 7.15. The fourth-order valence-electron chi connectivity index (χ4n) is 3.16. The molecule has 0 spiro atoms. The highest BCUT2D eigenvalue weighted by molar-refractivity contribution is 5.94. The number of esters is 1. The quantitative estimate of drug-likeness (QED) is 0.559. The molecule has 0 amide bonds. The highest BCUT2D eigenvalue weighted by Gasteiger charge is 2.23. The van der Waals surface area contributed by atoms with E-state index in [0.29, 0.717) is 12.2 Å². The first-order valence-corrected chi connectivity index (χ1v) is 8.99. The van der Waals surface area contributed by atoms with Crippen LogP contribution in [0.4, 0.5) is 0 Å². The molecule has 138 valence electrons. The zero-order valence-electron chi connectivity index (χ0n) is 16.1. The molecule has 1 heterocycles. The van der Waals surface area contributed by atoms with Crippen LogP contribution in [0, 0.1) is 13.8 Å². The summed E-state index contributed by atoms with van der Waals surface area (Å²) in [7, 11) is 1.43. The molecule has 1 unspecified atom stereocenters. The van der Waals surface area contributed by atoms with Crippen LogP contribution in [0.1, 0.15) is 46.8 Å². The molecule has 2 aromatic rings. The molecule has 1 saturated heterocycles. The van der Waals surface area contributed by atoms with E-state index in [1.54, 1.807) is 0 Å². The standard InChI is InChI=1S/C22H26O4/c1-13(2)19-10-17(9-15(4)21(19)22(23)24-5)16-6-7-20(14(3)8-16)26-12-18-11-25-18/h6-10,13,18H,11-12H2,1-5H3. The second-order valence-corrected chi connectivity index (χ2v) is 7.15. The smallest absolute Gasteiger partial charge is 0.338 e. The minimum Gasteiger partial charge on any atom is -0.491 e. The number of benzene rings is 2. The normalized spacial score (nSPS) is 15.8. The molecule has 26 heavy (non-hydrogen) atoms. The Morgan fingerprint density at radius 1 is 1.15 bits per heavy atom. The number of rotatable bonds is 6. The summed E-state index contributed by atoms with van der Waals surface area (Å²) in [5.41, 5.74) is 5.91. The third kappa shape index (κ3) is 3.91. The van der Waals surface area contributed by atoms with E-state index in [1.165, 1.54) is 7.11 Å². The lowest BCUT2D eigenvalue weighted by molar-refractivity contribution is 0.0598. The van der Waals surface area contributed by atoms with Gasteiger partial charge < -0.3 is 14.2 Å². The van der Waals surface area contributed by atoms with Crippen LogP contribution in [0.2, 0.25) is 0 Å². The highest BCUT2D eigenvalue weighted by Crippen LogP contribution is 2.32. The van der Waals surface area contributed by atoms with Crippen LogP contribution >= 0.6 is 0 Å². The number of epoxide rings is 1. The van der Waals surface area contributed by atoms with Gasteiger partial charge in [0.1, 0.15) is 18.5 Å². The van der Waals surface area contributed by atoms with E-state index < -0.39 is 0 Å². The van der Waals surface area contributed by atoms with Gasteiger partial charge in [0.2, 0.25) is 0 Å². The van der Waals surface area contributed by atoms with E-state index in [2.05, 4.69) is 32.0 Å². The lowest BCUT2D eigenvalue weighted by atomic mass is 9.89. The second kappa shape index (κ2) is 7.50. The molecule has 0 saturated carbocycles. The molecule has 0 bridgehead atoms. The van der Waals surface area contributed by atoms with Crippen molar-refractivity contribution < 1.29 is 19.0 Å². The first kappa shape index (κ1) is 18.5. The lowest BCUT2D eigenvalue weighted by Gasteiger charge is -2.17. The molecular formula is C22H26O4. The Hall–Kier alpha value is -2.33. The predicted molar refractivity (Wildman–Crippen MR) is 102 cm³/mol. The summed E-state index contributed by atoms with van der Waals surface area (Å²) in [5.74, 6) is 0.834. The predicted octanol–water partition coefficient (Wildman–Crippen LogP) is 4.66. The fourth-order valence-corrected chi connectivity index (χ4v) is 3.16. The molecule has 4 nitrogen and oxygen atoms in total. The molecule has 2 aromatic carbocycles. The molecule has 1 aliphatic heterocycles. The van der Waals surface area contributed by atoms with Gasteiger partial charge in [-0.2, -0.15) is 0 Å². The van der Waals surface area contributed by atoms with E-state index in [4.69, 9.17) is 14.2 Å². The minimum absolute atomic E-state index is 0.227. The van der Waals surface area contributed by atoms with E-state index in [9.17, 15) is 4.79 Å². The summed E-state index contributed by atoms with van der Waals surface area (Å²) < 4.78 is 16.0. The van der Waals surface area contributed by atoms with Crippen LogP contribution in [0.3, 0.4) is 0 Å². The Bertz CT molecular complexity index is 819. The van der Waals surface area contributed by atoms with Gasteiger partial charge in [-0.15, -0.1) is 0 Å². The Balaban J connectivity index is 1.95. The van der Waals surface area contributed by atoms with Gasteiger partial charge in [0, 0.05) is 0 Å². The molecular weight excluding hydrogens is 328 g/mol. The monoisotopic (exact) mass is 354 g/mol. The maximum atomic E-state index is 12.2. The SMILES string of the molecule is COC(=O)c1c(C)cc(-c2ccc(OCC3CO3)c(C)c2)cc1C(C)C. The van der Waals surface area contributed by atoms with Crippen LogP contribution in [0.25, 0.3) is 11.1 Å². The molecule has 0 aliphatic carbocycles. The summed E-state index contributed by atoms with van der Waals surface area (Å²) >= 11 is 0. The van der Waals surface area contributed by atoms with Crippen molar-refractivity contribution in [1.29, 1.82) is 0 Å². The van der Waals surface area contributed by atoms with Gasteiger partial charge in [-0.25, -0.2) is 4.79 Å². The van der Waals surface area contributed by atoms with Crippen molar-refractivity contribution in [2.45, 2.75) is 39.7 Å². The molecule has 0 aromatic heterocycles. The van der Waals surface area contributed by atoms with Crippen molar-refractivity contribution in [3.63, 3.8) is 0 Å². The average Bonchev–Trinajstić information content (AvgIpc) is 3.43. The van der Waals surface area contributed by atoms with Crippen LogP contribution in [0.5, 0.6) is 5.75 Å². The van der Waals surface area contributed by atoms with Crippen molar-refractivity contribution in [2.75, 3.05) is 20.3 Å². The average molecular weight is 354 g/mol. The summed E-state index contributed by atoms with van der Waals surface area (Å²) in [4.78, 5) is 12.2. The number of hydrogen-bond donors (Lipinski definition) is 0. The van der Waals surface area contributed by atoms with Crippen LogP contribution in [-0.4, -0.2) is 32.4 Å². The van der Waals surface area contributed by atoms with Crippen molar-refractivity contribution in [2.24, 2.45) is 0 Å². The topological polar surface area (TPSA) is 48.1 Å². The van der Waals surface area contributed by atoms with E-state index in [0.717, 1.165) is 40.2 Å². The first-order chi connectivity index (χ1) is 12.4. The highest BCUT2D eigenvalue weighted by atomic mass is 16.6. The zero-order valence-corrected chi connectivity index (χ0v) is 16.1. The van der Waals surface area contributed by atoms with Crippen LogP contribution in [0.15, 0.2) is 30.3 Å². The maximum absolute atomic E-state index is 12.2. The summed E-state index contributed by atoms with van der Waals surface area (Å²) in [5, 5.41) is 0. The molecule has 0 radical (unpaired) electrons. The van der Waals surface area contributed by atoms with Gasteiger partial charge in [0.05, 0.1) is 19.3 Å². The third-order valence-electron chi connectivity index (χ3n) is 4.71. The van der Waals surface area contributed by atoms with Crippen LogP contribution < -0.4 is 4.74 Å². The summed E-state index contributed by atoms with van der Waals surface area (Å²) in [6.45, 7) is 9.58. The third-order valence-corrected chi connectivity index (χ3v) is 4.71. The van der Waals surface area contributed by atoms with Crippen molar-refractivity contribution >= 4 is 5.97 Å². The van der Waals surface area contributed by atoms with Gasteiger partial charge in [-0.3, -0.25) is 0 Å². The number of carbonyl (C=O) groups is 1. The van der Waals surface area contributed by atoms with E-state index in [1.807, 2.05) is 26.0 Å². The van der Waals surface area contributed by atoms with E-state index >= 15 is 0 Å². The van der Waals surface area contributed by atoms with Gasteiger partial charge in [0.25, 0.3) is 0 Å². The Morgan fingerprint density at radius 3 is 2.42 bits per heavy atom. The van der Waals surface area contributed by atoms with Gasteiger partial charge in [-0.1, -0.05) is 32.0 Å². The van der Waals surface area contributed by atoms with Crippen molar-refractivity contribution in [3.8, 4) is 16.9 Å². The first-order valence-electron chi connectivity index (χ1n) is 8.99. The summed E-state index contributed by atoms with van der Waals surface area (Å²) in [6.07, 6.45) is 0.246. The Kier molecular flexibility index (Phi) is 5.33. The largest absolute Gasteiger partial charge is 0.491 e. The molecule has 1 aliphatic rings. The molecule has 1 atom stereocenters.